The van der Waals surface area contributed by atoms with Crippen LogP contribution in [0.1, 0.15) is 80.5 Å². The Morgan fingerprint density at radius 3 is 1.75 bits per heavy atom. The van der Waals surface area contributed by atoms with Crippen molar-refractivity contribution in [3.05, 3.63) is 57.1 Å². The van der Waals surface area contributed by atoms with Gasteiger partial charge in [0.1, 0.15) is 0 Å². The second-order valence-electron chi connectivity index (χ2n) is 9.70. The molecule has 1 aliphatic rings. The fraction of sp³-hybridized carbons (Fsp3) is 0.500. The van der Waals surface area contributed by atoms with Crippen molar-refractivity contribution < 1.29 is 0 Å². The van der Waals surface area contributed by atoms with E-state index in [1.807, 2.05) is 0 Å². The topological polar surface area (TPSA) is 0 Å². The Morgan fingerprint density at radius 1 is 0.667 bits per heavy atom. The molecule has 0 heteroatoms. The van der Waals surface area contributed by atoms with Gasteiger partial charge >= 0.3 is 0 Å². The highest BCUT2D eigenvalue weighted by Crippen LogP contribution is 2.44. The van der Waals surface area contributed by atoms with Crippen molar-refractivity contribution in [1.29, 1.82) is 0 Å². The molecule has 0 aliphatic heterocycles. The van der Waals surface area contributed by atoms with Crippen LogP contribution in [0.5, 0.6) is 0 Å². The molecule has 3 rings (SSSR count). The predicted octanol–water partition coefficient (Wildman–Crippen LogP) is 6.78. The molecule has 0 bridgehead atoms. The molecule has 0 fully saturated rings. The molecule has 0 spiro atoms. The lowest BCUT2D eigenvalue weighted by Gasteiger charge is -2.25. The molecule has 0 unspecified atom stereocenters. The fourth-order valence-electron chi connectivity index (χ4n) is 4.38. The van der Waals surface area contributed by atoms with Gasteiger partial charge in [-0.3, -0.25) is 0 Å². The van der Waals surface area contributed by atoms with Gasteiger partial charge in [0, 0.05) is 0 Å². The number of hydrogen-bond acceptors (Lipinski definition) is 0. The third-order valence-corrected chi connectivity index (χ3v) is 5.76. The van der Waals surface area contributed by atoms with Gasteiger partial charge in [-0.25, -0.2) is 0 Å². The van der Waals surface area contributed by atoms with E-state index in [2.05, 4.69) is 80.5 Å². The summed E-state index contributed by atoms with van der Waals surface area (Å²) in [6.45, 7) is 20.8. The molecular formula is C24H32. The Morgan fingerprint density at radius 2 is 1.21 bits per heavy atom. The zero-order valence-corrected chi connectivity index (χ0v) is 16.9. The molecule has 0 nitrogen and oxygen atoms in total. The molecule has 0 heterocycles. The summed E-state index contributed by atoms with van der Waals surface area (Å²) in [4.78, 5) is 0. The summed E-state index contributed by atoms with van der Waals surface area (Å²) in [5.74, 6) is 0. The summed E-state index contributed by atoms with van der Waals surface area (Å²) < 4.78 is 0. The van der Waals surface area contributed by atoms with Crippen molar-refractivity contribution in [2.24, 2.45) is 0 Å². The molecule has 0 amide bonds. The molecule has 0 atom stereocenters. The summed E-state index contributed by atoms with van der Waals surface area (Å²) >= 11 is 0. The standard InChI is InChI=1S/C24H32/c1-14-10-17-11-18-15(2)16(3)22(24(7,8)9)13-20(18)19(17)12-21(14)23(4,5)6/h10,12-13H,11H2,1-9H3. The highest BCUT2D eigenvalue weighted by Gasteiger charge is 2.28. The molecule has 0 N–H and O–H groups in total. The second-order valence-corrected chi connectivity index (χ2v) is 9.70. The average molecular weight is 321 g/mol. The third-order valence-electron chi connectivity index (χ3n) is 5.76. The van der Waals surface area contributed by atoms with E-state index in [0.29, 0.717) is 0 Å². The van der Waals surface area contributed by atoms with Crippen LogP contribution < -0.4 is 0 Å². The minimum atomic E-state index is 0.185. The normalized spacial score (nSPS) is 13.9. The Labute approximate surface area is 148 Å². The maximum atomic E-state index is 2.48. The number of aryl methyl sites for hydroxylation is 1. The molecule has 0 saturated heterocycles. The van der Waals surface area contributed by atoms with Crippen molar-refractivity contribution in [3.63, 3.8) is 0 Å². The Hall–Kier alpha value is -1.56. The van der Waals surface area contributed by atoms with E-state index in [1.165, 1.54) is 44.5 Å². The largest absolute Gasteiger partial charge is 0.0561 e. The quantitative estimate of drug-likeness (QED) is 0.428. The van der Waals surface area contributed by atoms with Crippen LogP contribution in [0.4, 0.5) is 0 Å². The Bertz CT molecular complexity index is 821. The van der Waals surface area contributed by atoms with E-state index in [4.69, 9.17) is 0 Å². The van der Waals surface area contributed by atoms with Crippen molar-refractivity contribution in [2.45, 2.75) is 79.6 Å². The summed E-state index contributed by atoms with van der Waals surface area (Å²) in [6, 6.07) is 7.38. The van der Waals surface area contributed by atoms with Gasteiger partial charge in [-0.1, -0.05) is 59.7 Å². The third kappa shape index (κ3) is 2.61. The lowest BCUT2D eigenvalue weighted by atomic mass is 9.79. The first-order chi connectivity index (χ1) is 10.9. The molecule has 2 aromatic carbocycles. The van der Waals surface area contributed by atoms with Crippen molar-refractivity contribution in [1.82, 2.24) is 0 Å². The van der Waals surface area contributed by atoms with Crippen LogP contribution in [-0.4, -0.2) is 0 Å². The minimum absolute atomic E-state index is 0.185. The van der Waals surface area contributed by atoms with Crippen LogP contribution in [0.3, 0.4) is 0 Å². The van der Waals surface area contributed by atoms with Crippen LogP contribution in [0, 0.1) is 20.8 Å². The highest BCUT2D eigenvalue weighted by molar-refractivity contribution is 5.81. The molecule has 0 saturated carbocycles. The van der Waals surface area contributed by atoms with Gasteiger partial charge in [0.05, 0.1) is 0 Å². The molecule has 1 aliphatic carbocycles. The van der Waals surface area contributed by atoms with Crippen LogP contribution in [0.25, 0.3) is 11.1 Å². The van der Waals surface area contributed by atoms with E-state index in [9.17, 15) is 0 Å². The first kappa shape index (κ1) is 17.3. The Kier molecular flexibility index (Phi) is 3.75. The predicted molar refractivity (Wildman–Crippen MR) is 106 cm³/mol. The van der Waals surface area contributed by atoms with Gasteiger partial charge in [0.15, 0.2) is 0 Å². The maximum Gasteiger partial charge on any atom is -0.00106 e. The molecule has 24 heavy (non-hydrogen) atoms. The zero-order chi connectivity index (χ0) is 18.0. The van der Waals surface area contributed by atoms with Gasteiger partial charge in [0.2, 0.25) is 0 Å². The molecular weight excluding hydrogens is 288 g/mol. The van der Waals surface area contributed by atoms with Crippen molar-refractivity contribution in [3.8, 4) is 11.1 Å². The summed E-state index contributed by atoms with van der Waals surface area (Å²) in [7, 11) is 0. The molecule has 2 aromatic rings. The van der Waals surface area contributed by atoms with Gasteiger partial charge < -0.3 is 0 Å². The highest BCUT2D eigenvalue weighted by atomic mass is 14.3. The fourth-order valence-corrected chi connectivity index (χ4v) is 4.38. The van der Waals surface area contributed by atoms with Crippen LogP contribution in [0.15, 0.2) is 18.2 Å². The number of rotatable bonds is 0. The van der Waals surface area contributed by atoms with Gasteiger partial charge in [0.25, 0.3) is 0 Å². The maximum absolute atomic E-state index is 2.48. The number of hydrogen-bond donors (Lipinski definition) is 0. The Balaban J connectivity index is 2.30. The van der Waals surface area contributed by atoms with E-state index in [-0.39, 0.29) is 10.8 Å². The van der Waals surface area contributed by atoms with Crippen molar-refractivity contribution in [2.75, 3.05) is 0 Å². The first-order valence-electron chi connectivity index (χ1n) is 9.19. The van der Waals surface area contributed by atoms with Crippen LogP contribution >= 0.6 is 0 Å². The van der Waals surface area contributed by atoms with Gasteiger partial charge in [-0.15, -0.1) is 0 Å². The van der Waals surface area contributed by atoms with Crippen LogP contribution in [-0.2, 0) is 17.3 Å². The van der Waals surface area contributed by atoms with E-state index in [0.717, 1.165) is 6.42 Å². The van der Waals surface area contributed by atoms with Gasteiger partial charge in [-0.05, 0) is 88.1 Å². The van der Waals surface area contributed by atoms with E-state index >= 15 is 0 Å². The zero-order valence-electron chi connectivity index (χ0n) is 16.9. The van der Waals surface area contributed by atoms with E-state index in [1.54, 1.807) is 5.56 Å². The number of fused-ring (bicyclic) bond motifs is 3. The smallest absolute Gasteiger partial charge is 0.00106 e. The molecule has 128 valence electrons. The lowest BCUT2D eigenvalue weighted by molar-refractivity contribution is 0.585. The van der Waals surface area contributed by atoms with Gasteiger partial charge in [-0.2, -0.15) is 0 Å². The molecule has 0 aromatic heterocycles. The summed E-state index contributed by atoms with van der Waals surface area (Å²) in [5.41, 5.74) is 13.7. The first-order valence-corrected chi connectivity index (χ1v) is 9.19. The summed E-state index contributed by atoms with van der Waals surface area (Å²) in [5, 5.41) is 0. The van der Waals surface area contributed by atoms with Crippen molar-refractivity contribution >= 4 is 0 Å². The second kappa shape index (κ2) is 5.22. The minimum Gasteiger partial charge on any atom is -0.0561 e. The molecule has 0 radical (unpaired) electrons. The lowest BCUT2D eigenvalue weighted by Crippen LogP contribution is -2.15. The monoisotopic (exact) mass is 320 g/mol. The SMILES string of the molecule is Cc1cc2c(cc1C(C)(C)C)-c1cc(C(C)(C)C)c(C)c(C)c1C2. The van der Waals surface area contributed by atoms with Crippen LogP contribution in [0.2, 0.25) is 0 Å². The van der Waals surface area contributed by atoms with E-state index < -0.39 is 0 Å². The summed E-state index contributed by atoms with van der Waals surface area (Å²) in [6.07, 6.45) is 1.09. The number of benzene rings is 2. The average Bonchev–Trinajstić information content (AvgIpc) is 2.77.